The SMILES string of the molecule is CC(C)CCCC(C)NC(=O)c1sc2cccnc2c1N. The Labute approximate surface area is 129 Å². The molecule has 0 saturated heterocycles. The fourth-order valence-corrected chi connectivity index (χ4v) is 3.29. The second-order valence-corrected chi connectivity index (χ2v) is 6.95. The molecule has 0 aliphatic carbocycles. The van der Waals surface area contributed by atoms with E-state index in [1.807, 2.05) is 19.1 Å². The van der Waals surface area contributed by atoms with Gasteiger partial charge in [0.15, 0.2) is 0 Å². The minimum absolute atomic E-state index is 0.0902. The summed E-state index contributed by atoms with van der Waals surface area (Å²) in [6.45, 7) is 6.47. The molecule has 2 aromatic heterocycles. The number of nitrogen functional groups attached to an aromatic ring is 1. The van der Waals surface area contributed by atoms with Crippen LogP contribution in [-0.2, 0) is 0 Å². The van der Waals surface area contributed by atoms with Crippen molar-refractivity contribution < 1.29 is 4.79 Å². The monoisotopic (exact) mass is 305 g/mol. The molecule has 1 atom stereocenters. The van der Waals surface area contributed by atoms with Crippen LogP contribution in [-0.4, -0.2) is 16.9 Å². The number of thiophene rings is 1. The van der Waals surface area contributed by atoms with E-state index in [1.54, 1.807) is 6.20 Å². The molecular formula is C16H23N3OS. The molecule has 1 unspecified atom stereocenters. The number of rotatable bonds is 6. The van der Waals surface area contributed by atoms with Crippen LogP contribution in [0.4, 0.5) is 5.69 Å². The zero-order valence-corrected chi connectivity index (χ0v) is 13.7. The summed E-state index contributed by atoms with van der Waals surface area (Å²) in [5.41, 5.74) is 7.25. The molecule has 0 spiro atoms. The number of aromatic nitrogens is 1. The minimum Gasteiger partial charge on any atom is -0.396 e. The van der Waals surface area contributed by atoms with Crippen LogP contribution in [0, 0.1) is 5.92 Å². The summed E-state index contributed by atoms with van der Waals surface area (Å²) in [5.74, 6) is 0.616. The molecule has 4 nitrogen and oxygen atoms in total. The van der Waals surface area contributed by atoms with E-state index in [0.717, 1.165) is 23.1 Å². The highest BCUT2D eigenvalue weighted by Gasteiger charge is 2.18. The molecule has 0 saturated carbocycles. The smallest absolute Gasteiger partial charge is 0.263 e. The lowest BCUT2D eigenvalue weighted by molar-refractivity contribution is 0.0942. The summed E-state index contributed by atoms with van der Waals surface area (Å²) in [6, 6.07) is 3.95. The fourth-order valence-electron chi connectivity index (χ4n) is 2.31. The molecule has 0 aliphatic heterocycles. The maximum atomic E-state index is 12.3. The number of anilines is 1. The van der Waals surface area contributed by atoms with Crippen molar-refractivity contribution in [3.05, 3.63) is 23.2 Å². The topological polar surface area (TPSA) is 68.0 Å². The molecule has 114 valence electrons. The van der Waals surface area contributed by atoms with Crippen molar-refractivity contribution in [1.82, 2.24) is 10.3 Å². The van der Waals surface area contributed by atoms with Crippen LogP contribution in [0.5, 0.6) is 0 Å². The van der Waals surface area contributed by atoms with Crippen molar-refractivity contribution in [3.63, 3.8) is 0 Å². The molecule has 2 aromatic rings. The number of pyridine rings is 1. The van der Waals surface area contributed by atoms with E-state index in [4.69, 9.17) is 5.73 Å². The molecule has 3 N–H and O–H groups in total. The molecule has 0 fully saturated rings. The molecule has 2 heterocycles. The first-order valence-corrected chi connectivity index (χ1v) is 8.24. The summed E-state index contributed by atoms with van der Waals surface area (Å²) >= 11 is 1.40. The van der Waals surface area contributed by atoms with E-state index < -0.39 is 0 Å². The number of amides is 1. The van der Waals surface area contributed by atoms with E-state index >= 15 is 0 Å². The van der Waals surface area contributed by atoms with Crippen molar-refractivity contribution in [2.45, 2.75) is 46.1 Å². The molecule has 0 aromatic carbocycles. The quantitative estimate of drug-likeness (QED) is 0.852. The maximum absolute atomic E-state index is 12.3. The van der Waals surface area contributed by atoms with Gasteiger partial charge < -0.3 is 11.1 Å². The fraction of sp³-hybridized carbons (Fsp3) is 0.500. The van der Waals surface area contributed by atoms with Crippen LogP contribution in [0.2, 0.25) is 0 Å². The third kappa shape index (κ3) is 3.94. The molecule has 21 heavy (non-hydrogen) atoms. The van der Waals surface area contributed by atoms with Crippen LogP contribution in [0.25, 0.3) is 10.2 Å². The van der Waals surface area contributed by atoms with Gasteiger partial charge in [0.2, 0.25) is 0 Å². The Hall–Kier alpha value is -1.62. The first-order valence-electron chi connectivity index (χ1n) is 7.43. The van der Waals surface area contributed by atoms with E-state index in [0.29, 0.717) is 16.5 Å². The van der Waals surface area contributed by atoms with Gasteiger partial charge in [0.05, 0.1) is 10.4 Å². The Balaban J connectivity index is 2.00. The first-order chi connectivity index (χ1) is 9.99. The number of fused-ring (bicyclic) bond motifs is 1. The Morgan fingerprint density at radius 2 is 2.14 bits per heavy atom. The molecular weight excluding hydrogens is 282 g/mol. The number of nitrogens with two attached hydrogens (primary N) is 1. The predicted molar refractivity (Wildman–Crippen MR) is 89.6 cm³/mol. The number of carbonyl (C=O) groups is 1. The van der Waals surface area contributed by atoms with Gasteiger partial charge in [-0.05, 0) is 31.4 Å². The normalized spacial score (nSPS) is 12.8. The van der Waals surface area contributed by atoms with Crippen LogP contribution in [0.15, 0.2) is 18.3 Å². The summed E-state index contributed by atoms with van der Waals surface area (Å²) < 4.78 is 0.951. The lowest BCUT2D eigenvalue weighted by Gasteiger charge is -2.14. The third-order valence-corrected chi connectivity index (χ3v) is 4.64. The van der Waals surface area contributed by atoms with Gasteiger partial charge >= 0.3 is 0 Å². The van der Waals surface area contributed by atoms with Gasteiger partial charge in [-0.2, -0.15) is 0 Å². The van der Waals surface area contributed by atoms with E-state index in [2.05, 4.69) is 24.1 Å². The van der Waals surface area contributed by atoms with E-state index in [9.17, 15) is 4.79 Å². The van der Waals surface area contributed by atoms with E-state index in [-0.39, 0.29) is 11.9 Å². The predicted octanol–water partition coefficient (Wildman–Crippen LogP) is 3.82. The van der Waals surface area contributed by atoms with Gasteiger partial charge in [0, 0.05) is 12.2 Å². The molecule has 5 heteroatoms. The highest BCUT2D eigenvalue weighted by atomic mass is 32.1. The number of hydrogen-bond acceptors (Lipinski definition) is 4. The summed E-state index contributed by atoms with van der Waals surface area (Å²) in [5, 5.41) is 3.04. The Morgan fingerprint density at radius 3 is 2.81 bits per heavy atom. The Bertz CT molecular complexity index is 621. The standard InChI is InChI=1S/C16H23N3OS/c1-10(2)6-4-7-11(3)19-16(20)15-13(17)14-12(21-15)8-5-9-18-14/h5,8-11H,4,6-7,17H2,1-3H3,(H,19,20). The summed E-state index contributed by atoms with van der Waals surface area (Å²) in [4.78, 5) is 17.1. The van der Waals surface area contributed by atoms with E-state index in [1.165, 1.54) is 17.8 Å². The van der Waals surface area contributed by atoms with Gasteiger partial charge in [0.1, 0.15) is 10.4 Å². The molecule has 2 rings (SSSR count). The highest BCUT2D eigenvalue weighted by molar-refractivity contribution is 7.21. The number of carbonyl (C=O) groups excluding carboxylic acids is 1. The zero-order chi connectivity index (χ0) is 15.4. The average Bonchev–Trinajstić information content (AvgIpc) is 2.76. The van der Waals surface area contributed by atoms with Crippen LogP contribution in [0.3, 0.4) is 0 Å². The highest BCUT2D eigenvalue weighted by Crippen LogP contribution is 2.31. The largest absolute Gasteiger partial charge is 0.396 e. The molecule has 0 aliphatic rings. The lowest BCUT2D eigenvalue weighted by atomic mass is 10.0. The van der Waals surface area contributed by atoms with Crippen molar-refractivity contribution in [2.24, 2.45) is 5.92 Å². The number of nitrogens with zero attached hydrogens (tertiary/aromatic N) is 1. The average molecular weight is 305 g/mol. The summed E-state index contributed by atoms with van der Waals surface area (Å²) in [7, 11) is 0. The van der Waals surface area contributed by atoms with Crippen molar-refractivity contribution in [1.29, 1.82) is 0 Å². The minimum atomic E-state index is -0.0902. The zero-order valence-electron chi connectivity index (χ0n) is 12.8. The second-order valence-electron chi connectivity index (χ2n) is 5.89. The van der Waals surface area contributed by atoms with Crippen LogP contribution >= 0.6 is 11.3 Å². The van der Waals surface area contributed by atoms with Crippen LogP contribution < -0.4 is 11.1 Å². The molecule has 0 radical (unpaired) electrons. The molecule has 1 amide bonds. The van der Waals surface area contributed by atoms with Crippen LogP contribution in [0.1, 0.15) is 49.7 Å². The van der Waals surface area contributed by atoms with Gasteiger partial charge in [0.25, 0.3) is 5.91 Å². The maximum Gasteiger partial charge on any atom is 0.263 e. The van der Waals surface area contributed by atoms with Gasteiger partial charge in [-0.3, -0.25) is 9.78 Å². The second kappa shape index (κ2) is 6.89. The lowest BCUT2D eigenvalue weighted by Crippen LogP contribution is -2.32. The first kappa shape index (κ1) is 15.8. The van der Waals surface area contributed by atoms with Crippen molar-refractivity contribution in [3.8, 4) is 0 Å². The van der Waals surface area contributed by atoms with Gasteiger partial charge in [-0.1, -0.05) is 26.7 Å². The molecule has 0 bridgehead atoms. The Kier molecular flexibility index (Phi) is 5.17. The Morgan fingerprint density at radius 1 is 1.38 bits per heavy atom. The number of hydrogen-bond donors (Lipinski definition) is 2. The van der Waals surface area contributed by atoms with Crippen molar-refractivity contribution >= 4 is 33.1 Å². The third-order valence-electron chi connectivity index (χ3n) is 3.48. The van der Waals surface area contributed by atoms with Gasteiger partial charge in [-0.15, -0.1) is 11.3 Å². The summed E-state index contributed by atoms with van der Waals surface area (Å²) in [6.07, 6.45) is 5.01. The van der Waals surface area contributed by atoms with Crippen molar-refractivity contribution in [2.75, 3.05) is 5.73 Å². The number of nitrogens with one attached hydrogen (secondary N) is 1. The van der Waals surface area contributed by atoms with Gasteiger partial charge in [-0.25, -0.2) is 0 Å².